The monoisotopic (exact) mass is 656 g/mol. The van der Waals surface area contributed by atoms with Gasteiger partial charge in [-0.25, -0.2) is 4.79 Å². The van der Waals surface area contributed by atoms with Gasteiger partial charge >= 0.3 is 6.03 Å². The number of hydrogen-bond donors (Lipinski definition) is 5. The first-order valence-corrected chi connectivity index (χ1v) is 16.3. The van der Waals surface area contributed by atoms with Gasteiger partial charge in [0.1, 0.15) is 23.4 Å². The van der Waals surface area contributed by atoms with Gasteiger partial charge in [-0.05, 0) is 80.7 Å². The number of aromatic hydroxyl groups is 1. The van der Waals surface area contributed by atoms with Crippen LogP contribution in [0.15, 0.2) is 72.7 Å². The van der Waals surface area contributed by atoms with Crippen LogP contribution in [0.3, 0.4) is 0 Å². The van der Waals surface area contributed by atoms with Crippen molar-refractivity contribution in [3.05, 3.63) is 94.7 Å². The first-order valence-electron chi connectivity index (χ1n) is 15.9. The normalized spacial score (nSPS) is 20.1. The maximum Gasteiger partial charge on any atom is 0.320 e. The third-order valence-electron chi connectivity index (χ3n) is 8.81. The minimum absolute atomic E-state index is 0.0462. The van der Waals surface area contributed by atoms with Gasteiger partial charge in [-0.1, -0.05) is 56.6 Å². The molecule has 1 unspecified atom stereocenters. The van der Waals surface area contributed by atoms with E-state index in [0.717, 1.165) is 47.7 Å². The molecule has 12 heteroatoms. The number of phenols is 1. The molecule has 2 aromatic heterocycles. The van der Waals surface area contributed by atoms with Crippen molar-refractivity contribution in [2.45, 2.75) is 64.6 Å². The van der Waals surface area contributed by atoms with Gasteiger partial charge in [-0.3, -0.25) is 14.6 Å². The van der Waals surface area contributed by atoms with Crippen LogP contribution in [0, 0.1) is 10.8 Å². The number of carbonyl (C=O) groups is 1. The molecule has 2 amide bonds. The number of urea groups is 1. The first kappa shape index (κ1) is 32.3. The maximum atomic E-state index is 13.4. The van der Waals surface area contributed by atoms with Gasteiger partial charge in [0, 0.05) is 22.9 Å². The number of nitrogens with one attached hydrogen (secondary N) is 4. The highest BCUT2D eigenvalue weighted by Crippen LogP contribution is 2.39. The predicted molar refractivity (Wildman–Crippen MR) is 183 cm³/mol. The summed E-state index contributed by atoms with van der Waals surface area (Å²) in [5.74, 6) is 1.93. The summed E-state index contributed by atoms with van der Waals surface area (Å²) in [5.41, 5.74) is 3.23. The van der Waals surface area contributed by atoms with Crippen LogP contribution in [-0.4, -0.2) is 49.9 Å². The van der Waals surface area contributed by atoms with Crippen LogP contribution >= 0.6 is 11.6 Å². The number of amides is 2. The zero-order valence-electron chi connectivity index (χ0n) is 27.0. The molecule has 0 bridgehead atoms. The molecule has 0 radical (unpaired) electrons. The number of benzene rings is 2. The summed E-state index contributed by atoms with van der Waals surface area (Å²) in [6, 6.07) is 16.1. The Bertz CT molecular complexity index is 1830. The van der Waals surface area contributed by atoms with Crippen LogP contribution in [-0.2, 0) is 0 Å². The van der Waals surface area contributed by atoms with Crippen molar-refractivity contribution in [1.29, 1.82) is 5.41 Å². The van der Waals surface area contributed by atoms with E-state index in [-0.39, 0.29) is 29.0 Å². The largest absolute Gasteiger partial charge is 0.506 e. The Morgan fingerprint density at radius 2 is 1.87 bits per heavy atom. The van der Waals surface area contributed by atoms with Crippen molar-refractivity contribution in [3.63, 3.8) is 0 Å². The second-order valence-corrected chi connectivity index (χ2v) is 13.7. The summed E-state index contributed by atoms with van der Waals surface area (Å²) < 4.78 is 8.63. The summed E-state index contributed by atoms with van der Waals surface area (Å²) in [6.07, 6.45) is 6.93. The molecule has 1 aliphatic carbocycles. The number of pyridine rings is 1. The Hall–Kier alpha value is -4.61. The van der Waals surface area contributed by atoms with Crippen LogP contribution in [0.1, 0.15) is 81.6 Å². The Kier molecular flexibility index (Phi) is 9.11. The summed E-state index contributed by atoms with van der Waals surface area (Å²) in [6.45, 7) is 6.83. The molecule has 0 saturated carbocycles. The number of anilines is 1. The average Bonchev–Trinajstić information content (AvgIpc) is 3.64. The van der Waals surface area contributed by atoms with Crippen LogP contribution < -0.4 is 20.7 Å². The second kappa shape index (κ2) is 13.2. The van der Waals surface area contributed by atoms with Crippen molar-refractivity contribution in [1.82, 2.24) is 30.1 Å². The summed E-state index contributed by atoms with van der Waals surface area (Å²) in [5, 5.41) is 36.6. The van der Waals surface area contributed by atoms with E-state index in [2.05, 4.69) is 38.1 Å². The van der Waals surface area contributed by atoms with Crippen LogP contribution in [0.5, 0.6) is 11.5 Å². The zero-order valence-corrected chi connectivity index (χ0v) is 27.8. The van der Waals surface area contributed by atoms with E-state index in [1.807, 2.05) is 67.8 Å². The van der Waals surface area contributed by atoms with Gasteiger partial charge < -0.3 is 25.9 Å². The van der Waals surface area contributed by atoms with Crippen LogP contribution in [0.4, 0.5) is 10.5 Å². The van der Waals surface area contributed by atoms with Crippen LogP contribution in [0.2, 0.25) is 5.02 Å². The lowest BCUT2D eigenvalue weighted by Crippen LogP contribution is -2.41. The molecule has 3 atom stereocenters. The quantitative estimate of drug-likeness (QED) is 0.100. The number of ether oxygens (including phenoxy) is 1. The maximum absolute atomic E-state index is 13.4. The summed E-state index contributed by atoms with van der Waals surface area (Å²) in [7, 11) is 2.12. The zero-order chi connectivity index (χ0) is 33.3. The van der Waals surface area contributed by atoms with E-state index < -0.39 is 11.4 Å². The first-order chi connectivity index (χ1) is 22.5. The SMILES string of the molecule is CN1CCC[C@H]1c1nnc2ccc(O[C@@H]3CCC(NC(=O)N/C(=C/C(=N)C(C)(C)C)Nc4ccc(O)c(Cl)c4)c4ccccc43)cn12. The van der Waals surface area contributed by atoms with Gasteiger partial charge in [-0.15, -0.1) is 10.2 Å². The molecule has 6 rings (SSSR count). The van der Waals surface area contributed by atoms with E-state index >= 15 is 0 Å². The lowest BCUT2D eigenvalue weighted by atomic mass is 9.85. The Labute approximate surface area is 279 Å². The number of aromatic nitrogens is 3. The number of rotatable bonds is 8. The minimum atomic E-state index is -0.442. The van der Waals surface area contributed by atoms with E-state index in [9.17, 15) is 9.90 Å². The fourth-order valence-corrected chi connectivity index (χ4v) is 6.31. The van der Waals surface area contributed by atoms with Gasteiger partial charge in [0.05, 0.1) is 23.3 Å². The summed E-state index contributed by atoms with van der Waals surface area (Å²) >= 11 is 6.11. The van der Waals surface area contributed by atoms with Crippen molar-refractivity contribution in [3.8, 4) is 11.5 Å². The average molecular weight is 657 g/mol. The van der Waals surface area contributed by atoms with Gasteiger partial charge in [0.15, 0.2) is 11.5 Å². The number of phenolic OH excluding ortho intramolecular Hbond substituents is 1. The highest BCUT2D eigenvalue weighted by atomic mass is 35.5. The molecule has 1 aliphatic heterocycles. The number of likely N-dealkylation sites (tertiary alicyclic amines) is 1. The highest BCUT2D eigenvalue weighted by Gasteiger charge is 2.31. The van der Waals surface area contributed by atoms with Crippen molar-refractivity contribution >= 4 is 34.7 Å². The van der Waals surface area contributed by atoms with Crippen LogP contribution in [0.25, 0.3) is 5.65 Å². The second-order valence-electron chi connectivity index (χ2n) is 13.3. The molecular weight excluding hydrogens is 616 g/mol. The Morgan fingerprint density at radius 3 is 2.60 bits per heavy atom. The van der Waals surface area contributed by atoms with Crippen molar-refractivity contribution in [2.75, 3.05) is 18.9 Å². The number of hydrogen-bond acceptors (Lipinski definition) is 8. The smallest absolute Gasteiger partial charge is 0.320 e. The third-order valence-corrected chi connectivity index (χ3v) is 9.11. The molecule has 1 fully saturated rings. The lowest BCUT2D eigenvalue weighted by Gasteiger charge is -2.32. The molecule has 2 aromatic carbocycles. The molecule has 3 heterocycles. The number of fused-ring (bicyclic) bond motifs is 2. The fraction of sp³-hybridized carbons (Fsp3) is 0.371. The Morgan fingerprint density at radius 1 is 1.09 bits per heavy atom. The highest BCUT2D eigenvalue weighted by molar-refractivity contribution is 6.32. The molecule has 246 valence electrons. The molecule has 2 aliphatic rings. The molecule has 47 heavy (non-hydrogen) atoms. The van der Waals surface area contributed by atoms with Gasteiger partial charge in [0.25, 0.3) is 0 Å². The molecule has 11 nitrogen and oxygen atoms in total. The standard InChI is InChI=1S/C35H41ClN8O3/c1-35(2,3)30(37)19-31(38-21-11-14-28(45)25(36)18-21)40-34(46)39-26-13-15-29(24-9-6-5-8-23(24)26)47-22-12-16-32-41-42-33(44(32)20-22)27-10-7-17-43(27)4/h5-6,8-9,11-12,14,16,18-20,26-27,29,37-38,45H,7,10,13,15,17H2,1-4H3,(H2,39,40,46)/b31-19+,37-30?/t26?,27-,29+/m0/s1. The van der Waals surface area contributed by atoms with E-state index in [1.165, 1.54) is 6.07 Å². The van der Waals surface area contributed by atoms with E-state index in [1.54, 1.807) is 18.2 Å². The van der Waals surface area contributed by atoms with Gasteiger partial charge in [-0.2, -0.15) is 0 Å². The fourth-order valence-electron chi connectivity index (χ4n) is 6.13. The van der Waals surface area contributed by atoms with Gasteiger partial charge in [0.2, 0.25) is 0 Å². The Balaban J connectivity index is 1.18. The molecule has 1 saturated heterocycles. The molecular formula is C35H41ClN8O3. The topological polar surface area (TPSA) is 140 Å². The number of allylic oxidation sites excluding steroid dienone is 1. The number of nitrogens with zero attached hydrogens (tertiary/aromatic N) is 4. The molecule has 0 spiro atoms. The molecule has 4 aromatic rings. The van der Waals surface area contributed by atoms with Crippen molar-refractivity contribution in [2.24, 2.45) is 5.41 Å². The van der Waals surface area contributed by atoms with Crippen molar-refractivity contribution < 1.29 is 14.6 Å². The molecule has 5 N–H and O–H groups in total. The third kappa shape index (κ3) is 7.21. The predicted octanol–water partition coefficient (Wildman–Crippen LogP) is 7.13. The minimum Gasteiger partial charge on any atom is -0.506 e. The van der Waals surface area contributed by atoms with E-state index in [4.69, 9.17) is 21.7 Å². The lowest BCUT2D eigenvalue weighted by molar-refractivity contribution is 0.171. The van der Waals surface area contributed by atoms with E-state index in [0.29, 0.717) is 30.1 Å². The number of carbonyl (C=O) groups excluding carboxylic acids is 1. The number of halogens is 1. The summed E-state index contributed by atoms with van der Waals surface area (Å²) in [4.78, 5) is 15.7.